The van der Waals surface area contributed by atoms with Gasteiger partial charge >= 0.3 is 0 Å². The van der Waals surface area contributed by atoms with Crippen molar-refractivity contribution in [1.29, 1.82) is 0 Å². The van der Waals surface area contributed by atoms with Crippen LogP contribution >= 0.6 is 0 Å². The number of benzene rings is 1. The number of hydrogen-bond donors (Lipinski definition) is 1. The summed E-state index contributed by atoms with van der Waals surface area (Å²) in [5.74, 6) is -0.0731. The molecule has 0 spiro atoms. The van der Waals surface area contributed by atoms with E-state index in [0.717, 1.165) is 18.4 Å². The number of hydrogen-bond acceptors (Lipinski definition) is 6. The second kappa shape index (κ2) is 7.75. The van der Waals surface area contributed by atoms with E-state index in [-0.39, 0.29) is 17.7 Å². The predicted molar refractivity (Wildman–Crippen MR) is 100 cm³/mol. The number of para-hydroxylation sites is 1. The number of ether oxygens (including phenoxy) is 1. The first kappa shape index (κ1) is 18.1. The summed E-state index contributed by atoms with van der Waals surface area (Å²) in [4.78, 5) is 4.15. The molecule has 7 nitrogen and oxygen atoms in total. The van der Waals surface area contributed by atoms with Gasteiger partial charge in [0.05, 0.1) is 6.04 Å². The first-order chi connectivity index (χ1) is 13.1. The second-order valence-corrected chi connectivity index (χ2v) is 8.47. The van der Waals surface area contributed by atoms with E-state index in [9.17, 15) is 8.42 Å². The SMILES string of the molecule is O=S(=O)(Cc1noc2ccccc12)NC(c1cccnc1)C1CCOCC1. The van der Waals surface area contributed by atoms with E-state index in [1.807, 2.05) is 30.3 Å². The smallest absolute Gasteiger partial charge is 0.218 e. The summed E-state index contributed by atoms with van der Waals surface area (Å²) >= 11 is 0. The van der Waals surface area contributed by atoms with Gasteiger partial charge in [0.15, 0.2) is 5.58 Å². The Balaban J connectivity index is 1.59. The second-order valence-electron chi connectivity index (χ2n) is 6.72. The number of nitrogens with one attached hydrogen (secondary N) is 1. The Morgan fingerprint density at radius 2 is 1.96 bits per heavy atom. The summed E-state index contributed by atoms with van der Waals surface area (Å²) < 4.78 is 39.4. The molecule has 1 atom stereocenters. The van der Waals surface area contributed by atoms with Gasteiger partial charge in [0.25, 0.3) is 0 Å². The van der Waals surface area contributed by atoms with Crippen LogP contribution in [-0.4, -0.2) is 31.8 Å². The first-order valence-electron chi connectivity index (χ1n) is 8.93. The summed E-state index contributed by atoms with van der Waals surface area (Å²) in [5.41, 5.74) is 1.85. The maximum atomic E-state index is 12.9. The van der Waals surface area contributed by atoms with Gasteiger partial charge in [0.1, 0.15) is 11.4 Å². The first-order valence-corrected chi connectivity index (χ1v) is 10.6. The van der Waals surface area contributed by atoms with Crippen LogP contribution in [0.25, 0.3) is 11.0 Å². The number of rotatable bonds is 6. The van der Waals surface area contributed by atoms with Crippen LogP contribution in [0.5, 0.6) is 0 Å². The minimum atomic E-state index is -3.63. The normalized spacial score (nSPS) is 17.2. The van der Waals surface area contributed by atoms with E-state index in [1.165, 1.54) is 0 Å². The lowest BCUT2D eigenvalue weighted by Gasteiger charge is -2.30. The number of nitrogens with zero attached hydrogens (tertiary/aromatic N) is 2. The maximum absolute atomic E-state index is 12.9. The molecule has 0 amide bonds. The van der Waals surface area contributed by atoms with Gasteiger partial charge in [-0.3, -0.25) is 4.98 Å². The summed E-state index contributed by atoms with van der Waals surface area (Å²) in [6.45, 7) is 1.27. The topological polar surface area (TPSA) is 94.3 Å². The summed E-state index contributed by atoms with van der Waals surface area (Å²) in [7, 11) is -3.63. The maximum Gasteiger partial charge on any atom is 0.218 e. The minimum absolute atomic E-state index is 0.159. The highest BCUT2D eigenvalue weighted by Gasteiger charge is 2.30. The van der Waals surface area contributed by atoms with Crippen LogP contribution in [0, 0.1) is 5.92 Å². The Hall–Kier alpha value is -2.29. The van der Waals surface area contributed by atoms with Gasteiger partial charge in [0.2, 0.25) is 10.0 Å². The van der Waals surface area contributed by atoms with Crippen molar-refractivity contribution in [3.05, 3.63) is 60.0 Å². The van der Waals surface area contributed by atoms with E-state index >= 15 is 0 Å². The molecular formula is C19H21N3O4S. The highest BCUT2D eigenvalue weighted by Crippen LogP contribution is 2.31. The van der Waals surface area contributed by atoms with Gasteiger partial charge in [-0.05, 0) is 42.5 Å². The summed E-state index contributed by atoms with van der Waals surface area (Å²) in [6.07, 6.45) is 5.00. The van der Waals surface area contributed by atoms with Crippen LogP contribution in [0.1, 0.15) is 30.1 Å². The molecule has 27 heavy (non-hydrogen) atoms. The van der Waals surface area contributed by atoms with Crippen LogP contribution in [-0.2, 0) is 20.5 Å². The van der Waals surface area contributed by atoms with E-state index in [4.69, 9.17) is 9.26 Å². The van der Waals surface area contributed by atoms with E-state index in [2.05, 4.69) is 14.9 Å². The van der Waals surface area contributed by atoms with Gasteiger partial charge in [0, 0.05) is 31.0 Å². The summed E-state index contributed by atoms with van der Waals surface area (Å²) in [6, 6.07) is 10.6. The average Bonchev–Trinajstić information content (AvgIpc) is 3.10. The molecule has 1 N–H and O–H groups in total. The molecule has 3 heterocycles. The Kier molecular flexibility index (Phi) is 5.20. The minimum Gasteiger partial charge on any atom is -0.381 e. The van der Waals surface area contributed by atoms with Crippen LogP contribution in [0.4, 0.5) is 0 Å². The molecule has 0 bridgehead atoms. The average molecular weight is 387 g/mol. The molecule has 1 aliphatic rings. The fraction of sp³-hybridized carbons (Fsp3) is 0.368. The molecular weight excluding hydrogens is 366 g/mol. The van der Waals surface area contributed by atoms with Gasteiger partial charge in [-0.1, -0.05) is 23.4 Å². The predicted octanol–water partition coefficient (Wildman–Crippen LogP) is 2.81. The third-order valence-corrected chi connectivity index (χ3v) is 6.13. The third-order valence-electron chi connectivity index (χ3n) is 4.87. The molecule has 1 aromatic carbocycles. The van der Waals surface area contributed by atoms with Crippen LogP contribution in [0.3, 0.4) is 0 Å². The Morgan fingerprint density at radius 1 is 1.15 bits per heavy atom. The van der Waals surface area contributed by atoms with Crippen molar-refractivity contribution >= 4 is 21.0 Å². The molecule has 1 unspecified atom stereocenters. The number of sulfonamides is 1. The Labute approximate surface area is 157 Å². The molecule has 3 aromatic rings. The van der Waals surface area contributed by atoms with Crippen molar-refractivity contribution in [3.8, 4) is 0 Å². The highest BCUT2D eigenvalue weighted by molar-refractivity contribution is 7.88. The van der Waals surface area contributed by atoms with Crippen LogP contribution < -0.4 is 4.72 Å². The van der Waals surface area contributed by atoms with E-state index in [0.29, 0.717) is 29.9 Å². The number of aromatic nitrogens is 2. The zero-order valence-electron chi connectivity index (χ0n) is 14.7. The van der Waals surface area contributed by atoms with Gasteiger partial charge < -0.3 is 9.26 Å². The lowest BCUT2D eigenvalue weighted by Crippen LogP contribution is -2.36. The lowest BCUT2D eigenvalue weighted by atomic mass is 9.88. The van der Waals surface area contributed by atoms with Gasteiger partial charge in [-0.25, -0.2) is 13.1 Å². The molecule has 1 fully saturated rings. The fourth-order valence-electron chi connectivity index (χ4n) is 3.50. The fourth-order valence-corrected chi connectivity index (χ4v) is 4.87. The third kappa shape index (κ3) is 4.18. The van der Waals surface area contributed by atoms with Crippen molar-refractivity contribution in [1.82, 2.24) is 14.9 Å². The van der Waals surface area contributed by atoms with Crippen LogP contribution in [0.15, 0.2) is 53.3 Å². The Bertz CT molecular complexity index is 998. The molecule has 0 aliphatic carbocycles. The van der Waals surface area contributed by atoms with E-state index in [1.54, 1.807) is 18.5 Å². The number of pyridine rings is 1. The molecule has 4 rings (SSSR count). The van der Waals surface area contributed by atoms with Crippen molar-refractivity contribution in [2.24, 2.45) is 5.92 Å². The Morgan fingerprint density at radius 3 is 2.74 bits per heavy atom. The molecule has 0 radical (unpaired) electrons. The molecule has 2 aromatic heterocycles. The van der Waals surface area contributed by atoms with Crippen molar-refractivity contribution in [2.75, 3.05) is 13.2 Å². The molecule has 8 heteroatoms. The molecule has 1 saturated heterocycles. The highest BCUT2D eigenvalue weighted by atomic mass is 32.2. The van der Waals surface area contributed by atoms with Gasteiger partial charge in [-0.2, -0.15) is 0 Å². The quantitative estimate of drug-likeness (QED) is 0.699. The zero-order chi connectivity index (χ0) is 18.7. The van der Waals surface area contributed by atoms with Crippen molar-refractivity contribution in [2.45, 2.75) is 24.6 Å². The monoisotopic (exact) mass is 387 g/mol. The lowest BCUT2D eigenvalue weighted by molar-refractivity contribution is 0.0564. The molecule has 1 aliphatic heterocycles. The van der Waals surface area contributed by atoms with Gasteiger partial charge in [-0.15, -0.1) is 0 Å². The standard InChI is InChI=1S/C19H21N3O4S/c23-27(24,13-17-16-5-1-2-6-18(16)26-21-17)22-19(14-7-10-25-11-8-14)15-4-3-9-20-12-15/h1-6,9,12,14,19,22H,7-8,10-11,13H2. The largest absolute Gasteiger partial charge is 0.381 e. The summed E-state index contributed by atoms with van der Waals surface area (Å²) in [5, 5.41) is 4.66. The molecule has 0 saturated carbocycles. The van der Waals surface area contributed by atoms with E-state index < -0.39 is 10.0 Å². The van der Waals surface area contributed by atoms with Crippen molar-refractivity contribution in [3.63, 3.8) is 0 Å². The molecule has 142 valence electrons. The van der Waals surface area contributed by atoms with Crippen molar-refractivity contribution < 1.29 is 17.7 Å². The van der Waals surface area contributed by atoms with Crippen LogP contribution in [0.2, 0.25) is 0 Å². The number of fused-ring (bicyclic) bond motifs is 1. The zero-order valence-corrected chi connectivity index (χ0v) is 15.6.